The van der Waals surface area contributed by atoms with Crippen LogP contribution in [-0.4, -0.2) is 38.9 Å². The molecule has 7 heteroatoms. The summed E-state index contributed by atoms with van der Waals surface area (Å²) in [4.78, 5) is 15.4. The molecule has 0 amide bonds. The fourth-order valence-electron chi connectivity index (χ4n) is 6.89. The number of esters is 1. The second kappa shape index (κ2) is 26.2. The lowest BCUT2D eigenvalue weighted by atomic mass is 10.0. The number of ether oxygens (including phenoxy) is 5. The van der Waals surface area contributed by atoms with Crippen molar-refractivity contribution in [2.75, 3.05) is 37.8 Å². The van der Waals surface area contributed by atoms with E-state index in [1.165, 1.54) is 38.5 Å². The number of carbonyl (C=O) groups excluding carboxylic acids is 1. The minimum atomic E-state index is -0.349. The highest BCUT2D eigenvalue weighted by molar-refractivity contribution is 5.98. The lowest BCUT2D eigenvalue weighted by Gasteiger charge is -2.27. The van der Waals surface area contributed by atoms with Gasteiger partial charge in [-0.05, 0) is 75.3 Å². The summed E-state index contributed by atoms with van der Waals surface area (Å²) in [7, 11) is 0. The van der Waals surface area contributed by atoms with Gasteiger partial charge >= 0.3 is 5.97 Å². The van der Waals surface area contributed by atoms with Crippen LogP contribution in [0.1, 0.15) is 132 Å². The highest BCUT2D eigenvalue weighted by Crippen LogP contribution is 2.38. The van der Waals surface area contributed by atoms with Crippen LogP contribution in [0, 0.1) is 0 Å². The summed E-state index contributed by atoms with van der Waals surface area (Å²) in [5.74, 6) is 2.57. The first-order valence-corrected chi connectivity index (χ1v) is 21.4. The number of benzene rings is 4. The summed E-state index contributed by atoms with van der Waals surface area (Å²) in [6, 6.07) is 30.5. The summed E-state index contributed by atoms with van der Waals surface area (Å²) < 4.78 is 31.0. The quantitative estimate of drug-likeness (QED) is 0.0403. The van der Waals surface area contributed by atoms with Gasteiger partial charge in [0, 0.05) is 19.2 Å². The molecule has 0 bridgehead atoms. The van der Waals surface area contributed by atoms with E-state index in [2.05, 4.69) is 62.1 Å². The van der Waals surface area contributed by atoms with Crippen LogP contribution < -0.4 is 23.8 Å². The topological polar surface area (TPSA) is 66.5 Å². The van der Waals surface area contributed by atoms with Crippen molar-refractivity contribution >= 4 is 11.7 Å². The van der Waals surface area contributed by atoms with Crippen molar-refractivity contribution in [2.24, 2.45) is 0 Å². The molecule has 0 fully saturated rings. The summed E-state index contributed by atoms with van der Waals surface area (Å²) in [6.07, 6.45) is 14.8. The molecule has 0 unspecified atom stereocenters. The van der Waals surface area contributed by atoms with Gasteiger partial charge in [-0.2, -0.15) is 0 Å². The average Bonchev–Trinajstić information content (AvgIpc) is 3.23. The molecule has 0 saturated heterocycles. The molecule has 4 aromatic rings. The third-order valence-corrected chi connectivity index (χ3v) is 10.0. The zero-order valence-electron chi connectivity index (χ0n) is 34.7. The van der Waals surface area contributed by atoms with E-state index in [4.69, 9.17) is 23.7 Å². The van der Waals surface area contributed by atoms with Gasteiger partial charge in [-0.1, -0.05) is 138 Å². The Morgan fingerprint density at radius 1 is 0.554 bits per heavy atom. The summed E-state index contributed by atoms with van der Waals surface area (Å²) in [5, 5.41) is 0. The van der Waals surface area contributed by atoms with Crippen LogP contribution in [0.5, 0.6) is 23.0 Å². The van der Waals surface area contributed by atoms with E-state index in [-0.39, 0.29) is 5.97 Å². The van der Waals surface area contributed by atoms with Crippen LogP contribution in [0.2, 0.25) is 0 Å². The molecule has 0 radical (unpaired) electrons. The first-order valence-electron chi connectivity index (χ1n) is 21.4. The summed E-state index contributed by atoms with van der Waals surface area (Å²) in [5.41, 5.74) is 4.69. The number of rotatable bonds is 29. The highest BCUT2D eigenvalue weighted by atomic mass is 16.5. The van der Waals surface area contributed by atoms with Crippen molar-refractivity contribution in [3.8, 4) is 23.0 Å². The van der Waals surface area contributed by atoms with Gasteiger partial charge in [0.1, 0.15) is 24.7 Å². The lowest BCUT2D eigenvalue weighted by Crippen LogP contribution is -2.25. The van der Waals surface area contributed by atoms with Crippen LogP contribution in [-0.2, 0) is 24.4 Å². The van der Waals surface area contributed by atoms with Crippen molar-refractivity contribution in [3.05, 3.63) is 113 Å². The third-order valence-electron chi connectivity index (χ3n) is 10.0. The van der Waals surface area contributed by atoms with E-state index in [1.54, 1.807) is 0 Å². The van der Waals surface area contributed by atoms with Gasteiger partial charge in [-0.3, -0.25) is 0 Å². The zero-order chi connectivity index (χ0) is 39.6. The Balaban J connectivity index is 1.33. The number of nitrogens with zero attached hydrogens (tertiary/aromatic N) is 1. The molecule has 0 aliphatic heterocycles. The maximum Gasteiger partial charge on any atom is 0.340 e. The van der Waals surface area contributed by atoms with E-state index in [0.717, 1.165) is 91.9 Å². The highest BCUT2D eigenvalue weighted by Gasteiger charge is 2.23. The number of anilines is 1. The number of carbonyl (C=O) groups is 1. The summed E-state index contributed by atoms with van der Waals surface area (Å²) in [6.45, 7) is 12.2. The maximum absolute atomic E-state index is 13.3. The minimum Gasteiger partial charge on any atom is -0.493 e. The molecule has 0 aromatic heterocycles. The Bertz CT molecular complexity index is 1660. The molecular weight excluding hydrogens is 699 g/mol. The molecule has 56 heavy (non-hydrogen) atoms. The molecule has 304 valence electrons. The summed E-state index contributed by atoms with van der Waals surface area (Å²) >= 11 is 0. The Kier molecular flexibility index (Phi) is 20.7. The number of hydrogen-bond donors (Lipinski definition) is 0. The fourth-order valence-corrected chi connectivity index (χ4v) is 6.89. The Hall–Kier alpha value is -4.65. The molecule has 0 heterocycles. The minimum absolute atomic E-state index is 0.307. The molecule has 0 saturated carbocycles. The molecule has 0 spiro atoms. The van der Waals surface area contributed by atoms with Gasteiger partial charge in [-0.25, -0.2) is 4.79 Å². The van der Waals surface area contributed by atoms with Gasteiger partial charge in [0.2, 0.25) is 0 Å². The van der Waals surface area contributed by atoms with E-state index >= 15 is 0 Å². The Labute approximate surface area is 337 Å². The van der Waals surface area contributed by atoms with E-state index in [9.17, 15) is 4.79 Å². The zero-order valence-corrected chi connectivity index (χ0v) is 34.7. The Morgan fingerprint density at radius 3 is 1.77 bits per heavy atom. The van der Waals surface area contributed by atoms with Crippen molar-refractivity contribution < 1.29 is 28.5 Å². The Morgan fingerprint density at radius 2 is 1.14 bits per heavy atom. The molecular formula is C49H67NO6. The van der Waals surface area contributed by atoms with Crippen LogP contribution in [0.3, 0.4) is 0 Å². The second-order valence-corrected chi connectivity index (χ2v) is 14.3. The maximum atomic E-state index is 13.3. The normalized spacial score (nSPS) is 10.9. The number of unbranched alkanes of at least 4 members (excludes halogenated alkanes) is 10. The third kappa shape index (κ3) is 15.1. The predicted molar refractivity (Wildman–Crippen MR) is 230 cm³/mol. The van der Waals surface area contributed by atoms with Crippen molar-refractivity contribution in [1.82, 2.24) is 0 Å². The molecule has 0 atom stereocenters. The van der Waals surface area contributed by atoms with Gasteiger partial charge in [-0.15, -0.1) is 0 Å². The first-order chi connectivity index (χ1) is 27.6. The van der Waals surface area contributed by atoms with Gasteiger partial charge in [0.25, 0.3) is 0 Å². The standard InChI is InChI=1S/C49H67NO6/c1-5-9-10-11-12-13-15-25-35-54-46-37-43(36-44(49(51)52-8-4)47(46)50(6-2)7-3)53-34-24-16-14-23-31-42-32-26-33-45(55-38-40-27-19-17-20-28-40)48(42)56-39-41-29-21-18-22-30-41/h17-22,26-30,32-33,36-37H,5-16,23-25,31,34-35,38-39H2,1-4H3. The smallest absolute Gasteiger partial charge is 0.340 e. The largest absolute Gasteiger partial charge is 0.493 e. The average molecular weight is 766 g/mol. The predicted octanol–water partition coefficient (Wildman–Crippen LogP) is 12.6. The van der Waals surface area contributed by atoms with E-state index in [1.807, 2.05) is 61.5 Å². The molecule has 0 aliphatic rings. The first kappa shape index (κ1) is 44.1. The van der Waals surface area contributed by atoms with Gasteiger partial charge in [0.05, 0.1) is 31.1 Å². The number of aryl methyl sites for hydroxylation is 1. The second-order valence-electron chi connectivity index (χ2n) is 14.3. The van der Waals surface area contributed by atoms with Gasteiger partial charge in [0.15, 0.2) is 11.5 Å². The van der Waals surface area contributed by atoms with E-state index < -0.39 is 0 Å². The molecule has 0 aliphatic carbocycles. The molecule has 0 N–H and O–H groups in total. The molecule has 4 aromatic carbocycles. The van der Waals surface area contributed by atoms with Crippen molar-refractivity contribution in [3.63, 3.8) is 0 Å². The van der Waals surface area contributed by atoms with Crippen molar-refractivity contribution in [2.45, 2.75) is 124 Å². The van der Waals surface area contributed by atoms with Crippen molar-refractivity contribution in [1.29, 1.82) is 0 Å². The van der Waals surface area contributed by atoms with Crippen LogP contribution in [0.25, 0.3) is 0 Å². The number of para-hydroxylation sites is 1. The van der Waals surface area contributed by atoms with E-state index in [0.29, 0.717) is 50.1 Å². The van der Waals surface area contributed by atoms with Crippen LogP contribution in [0.15, 0.2) is 91.0 Å². The number of hydrogen-bond acceptors (Lipinski definition) is 7. The van der Waals surface area contributed by atoms with Gasteiger partial charge < -0.3 is 28.6 Å². The molecule has 7 nitrogen and oxygen atoms in total. The fraction of sp³-hybridized carbons (Fsp3) is 0.490. The lowest BCUT2D eigenvalue weighted by molar-refractivity contribution is 0.0526. The molecule has 4 rings (SSSR count). The van der Waals surface area contributed by atoms with Crippen LogP contribution in [0.4, 0.5) is 5.69 Å². The van der Waals surface area contributed by atoms with Crippen LogP contribution >= 0.6 is 0 Å². The SMILES string of the molecule is CCCCCCCCCCOc1cc(OCCCCCCc2cccc(OCc3ccccc3)c2OCc2ccccc2)cc(C(=O)OCC)c1N(CC)CC. The monoisotopic (exact) mass is 765 g/mol.